The number of esters is 1. The van der Waals surface area contributed by atoms with Gasteiger partial charge in [0.05, 0.1) is 6.61 Å². The summed E-state index contributed by atoms with van der Waals surface area (Å²) in [4.78, 5) is 15.0. The number of aromatic nitrogens is 1. The lowest BCUT2D eigenvalue weighted by molar-refractivity contribution is 0.0515. The van der Waals surface area contributed by atoms with Crippen LogP contribution in [0.1, 0.15) is 23.1 Å². The molecule has 0 fully saturated rings. The van der Waals surface area contributed by atoms with Gasteiger partial charge in [-0.1, -0.05) is 0 Å². The van der Waals surface area contributed by atoms with Gasteiger partial charge in [0.15, 0.2) is 5.69 Å². The molecule has 13 heavy (non-hydrogen) atoms. The smallest absolute Gasteiger partial charge is 0.360 e. The molecule has 0 saturated carbocycles. The highest BCUT2D eigenvalue weighted by atomic mass is 16.5. The first-order valence-electron chi connectivity index (χ1n) is 3.99. The molecule has 0 aromatic carbocycles. The van der Waals surface area contributed by atoms with Crippen LogP contribution in [0.25, 0.3) is 0 Å². The van der Waals surface area contributed by atoms with Gasteiger partial charge in [0.1, 0.15) is 5.75 Å². The molecule has 1 rings (SSSR count). The predicted molar refractivity (Wildman–Crippen MR) is 46.6 cm³/mol. The highest BCUT2D eigenvalue weighted by Crippen LogP contribution is 2.15. The Labute approximate surface area is 76.2 Å². The minimum atomic E-state index is -0.594. The second kappa shape index (κ2) is 3.89. The number of nitrogens with zero attached hydrogens (tertiary/aromatic N) is 1. The van der Waals surface area contributed by atoms with E-state index in [4.69, 9.17) is 4.74 Å². The zero-order valence-corrected chi connectivity index (χ0v) is 7.57. The van der Waals surface area contributed by atoms with Crippen LogP contribution in [0.3, 0.4) is 0 Å². The highest BCUT2D eigenvalue weighted by Gasteiger charge is 2.13. The van der Waals surface area contributed by atoms with Crippen LogP contribution in [0.15, 0.2) is 12.1 Å². The van der Waals surface area contributed by atoms with Crippen molar-refractivity contribution in [2.75, 3.05) is 6.61 Å². The van der Waals surface area contributed by atoms with Crippen molar-refractivity contribution in [1.29, 1.82) is 0 Å². The summed E-state index contributed by atoms with van der Waals surface area (Å²) in [5, 5.41) is 9.27. The molecular formula is C9H11NO3. The number of rotatable bonds is 2. The molecule has 0 radical (unpaired) electrons. The van der Waals surface area contributed by atoms with Crippen LogP contribution in [0, 0.1) is 6.92 Å². The van der Waals surface area contributed by atoms with Gasteiger partial charge in [0.2, 0.25) is 0 Å². The molecule has 0 unspecified atom stereocenters. The lowest BCUT2D eigenvalue weighted by atomic mass is 10.3. The lowest BCUT2D eigenvalue weighted by Gasteiger charge is -2.03. The Morgan fingerprint density at radius 1 is 1.62 bits per heavy atom. The van der Waals surface area contributed by atoms with Gasteiger partial charge in [-0.15, -0.1) is 0 Å². The molecule has 1 N–H and O–H groups in total. The van der Waals surface area contributed by atoms with E-state index in [0.717, 1.165) is 0 Å². The molecule has 0 aliphatic rings. The van der Waals surface area contributed by atoms with Gasteiger partial charge in [-0.25, -0.2) is 9.78 Å². The van der Waals surface area contributed by atoms with E-state index in [1.807, 2.05) is 0 Å². The third kappa shape index (κ3) is 2.18. The fourth-order valence-corrected chi connectivity index (χ4v) is 0.899. The van der Waals surface area contributed by atoms with Gasteiger partial charge < -0.3 is 9.84 Å². The molecule has 4 nitrogen and oxygen atoms in total. The van der Waals surface area contributed by atoms with Gasteiger partial charge in [-0.2, -0.15) is 0 Å². The van der Waals surface area contributed by atoms with E-state index in [0.29, 0.717) is 5.69 Å². The van der Waals surface area contributed by atoms with Crippen LogP contribution in [0.5, 0.6) is 5.75 Å². The number of ether oxygens (including phenoxy) is 1. The number of hydrogen-bond acceptors (Lipinski definition) is 4. The second-order valence-corrected chi connectivity index (χ2v) is 2.54. The number of hydrogen-bond donors (Lipinski definition) is 1. The van der Waals surface area contributed by atoms with Gasteiger partial charge >= 0.3 is 5.97 Å². The van der Waals surface area contributed by atoms with E-state index in [-0.39, 0.29) is 18.1 Å². The maximum Gasteiger partial charge on any atom is 0.360 e. The van der Waals surface area contributed by atoms with Crippen molar-refractivity contribution in [2.24, 2.45) is 0 Å². The molecule has 1 aromatic heterocycles. The van der Waals surface area contributed by atoms with Crippen molar-refractivity contribution >= 4 is 5.97 Å². The van der Waals surface area contributed by atoms with Gasteiger partial charge in [-0.05, 0) is 26.0 Å². The summed E-state index contributed by atoms with van der Waals surface area (Å²) < 4.78 is 4.70. The Morgan fingerprint density at radius 3 is 2.92 bits per heavy atom. The fraction of sp³-hybridized carbons (Fsp3) is 0.333. The summed E-state index contributed by atoms with van der Waals surface area (Å²) in [6, 6.07) is 3.05. The van der Waals surface area contributed by atoms with Crippen molar-refractivity contribution < 1.29 is 14.6 Å². The molecule has 0 saturated heterocycles. The topological polar surface area (TPSA) is 59.4 Å². The largest absolute Gasteiger partial charge is 0.505 e. The summed E-state index contributed by atoms with van der Waals surface area (Å²) in [5.41, 5.74) is 0.641. The molecule has 0 amide bonds. The van der Waals surface area contributed by atoms with Crippen molar-refractivity contribution in [2.45, 2.75) is 13.8 Å². The molecule has 0 aliphatic carbocycles. The minimum Gasteiger partial charge on any atom is -0.505 e. The van der Waals surface area contributed by atoms with E-state index in [2.05, 4.69) is 4.98 Å². The maximum atomic E-state index is 11.2. The van der Waals surface area contributed by atoms with Crippen molar-refractivity contribution in [3.63, 3.8) is 0 Å². The van der Waals surface area contributed by atoms with E-state index >= 15 is 0 Å². The molecule has 4 heteroatoms. The van der Waals surface area contributed by atoms with Gasteiger partial charge in [0, 0.05) is 5.69 Å². The summed E-state index contributed by atoms with van der Waals surface area (Å²) in [6.45, 7) is 3.71. The quantitative estimate of drug-likeness (QED) is 0.698. The predicted octanol–water partition coefficient (Wildman–Crippen LogP) is 1.27. The molecule has 1 heterocycles. The number of aromatic hydroxyl groups is 1. The summed E-state index contributed by atoms with van der Waals surface area (Å²) in [5.74, 6) is -0.743. The average molecular weight is 181 g/mol. The number of carbonyl (C=O) groups is 1. The van der Waals surface area contributed by atoms with Crippen molar-refractivity contribution in [1.82, 2.24) is 4.98 Å². The van der Waals surface area contributed by atoms with Crippen LogP contribution in [-0.2, 0) is 4.74 Å². The zero-order valence-electron chi connectivity index (χ0n) is 7.57. The van der Waals surface area contributed by atoms with Crippen molar-refractivity contribution in [3.05, 3.63) is 23.5 Å². The van der Waals surface area contributed by atoms with Crippen LogP contribution in [0.4, 0.5) is 0 Å². The van der Waals surface area contributed by atoms with Gasteiger partial charge in [0.25, 0.3) is 0 Å². The molecule has 0 aliphatic heterocycles. The SMILES string of the molecule is CCOC(=O)c1nc(C)ccc1O. The minimum absolute atomic E-state index is 0.0261. The molecule has 1 aromatic rings. The lowest BCUT2D eigenvalue weighted by Crippen LogP contribution is -2.07. The van der Waals surface area contributed by atoms with Crippen molar-refractivity contribution in [3.8, 4) is 5.75 Å². The number of carbonyl (C=O) groups excluding carboxylic acids is 1. The molecule has 70 valence electrons. The zero-order chi connectivity index (χ0) is 9.84. The second-order valence-electron chi connectivity index (χ2n) is 2.54. The Balaban J connectivity index is 2.99. The standard InChI is InChI=1S/C9H11NO3/c1-3-13-9(12)8-7(11)5-4-6(2)10-8/h4-5,11H,3H2,1-2H3. The van der Waals surface area contributed by atoms with E-state index in [1.165, 1.54) is 6.07 Å². The average Bonchev–Trinajstić information content (AvgIpc) is 2.09. The number of pyridine rings is 1. The summed E-state index contributed by atoms with van der Waals surface area (Å²) in [7, 11) is 0. The first-order valence-corrected chi connectivity index (χ1v) is 3.99. The normalized spacial score (nSPS) is 9.69. The van der Waals surface area contributed by atoms with E-state index in [9.17, 15) is 9.90 Å². The van der Waals surface area contributed by atoms with Gasteiger partial charge in [-0.3, -0.25) is 0 Å². The third-order valence-corrected chi connectivity index (χ3v) is 1.48. The molecule has 0 atom stereocenters. The Kier molecular flexibility index (Phi) is 2.84. The monoisotopic (exact) mass is 181 g/mol. The van der Waals surface area contributed by atoms with Crippen LogP contribution < -0.4 is 0 Å². The summed E-state index contributed by atoms with van der Waals surface area (Å²) >= 11 is 0. The number of aryl methyl sites for hydroxylation is 1. The van der Waals surface area contributed by atoms with Crippen LogP contribution in [0.2, 0.25) is 0 Å². The van der Waals surface area contributed by atoms with Crippen LogP contribution >= 0.6 is 0 Å². The highest BCUT2D eigenvalue weighted by molar-refractivity contribution is 5.90. The molecule has 0 spiro atoms. The third-order valence-electron chi connectivity index (χ3n) is 1.48. The summed E-state index contributed by atoms with van der Waals surface area (Å²) in [6.07, 6.45) is 0. The van der Waals surface area contributed by atoms with E-state index < -0.39 is 5.97 Å². The van der Waals surface area contributed by atoms with Crippen LogP contribution in [-0.4, -0.2) is 22.7 Å². The molecular weight excluding hydrogens is 170 g/mol. The Morgan fingerprint density at radius 2 is 2.31 bits per heavy atom. The first kappa shape index (κ1) is 9.51. The first-order chi connectivity index (χ1) is 6.15. The Hall–Kier alpha value is -1.58. The Bertz CT molecular complexity index is 323. The molecule has 0 bridgehead atoms. The van der Waals surface area contributed by atoms with E-state index in [1.54, 1.807) is 19.9 Å². The maximum absolute atomic E-state index is 11.2. The fourth-order valence-electron chi connectivity index (χ4n) is 0.899.